The zero-order chi connectivity index (χ0) is 9.90. The lowest BCUT2D eigenvalue weighted by Gasteiger charge is -2.50. The minimum absolute atomic E-state index is 0.0765. The van der Waals surface area contributed by atoms with Crippen LogP contribution < -0.4 is 5.73 Å². The van der Waals surface area contributed by atoms with E-state index >= 15 is 0 Å². The number of nitrogens with two attached hydrogens (primary N) is 1. The Bertz CT molecular complexity index is 153. The highest BCUT2D eigenvalue weighted by atomic mass is 16.5. The second kappa shape index (κ2) is 4.40. The predicted octanol–water partition coefficient (Wildman–Crippen LogP) is 0.692. The highest BCUT2D eigenvalue weighted by Crippen LogP contribution is 2.25. The standard InChI is InChI=1S/C10H22N2O/c1-9(2)10(11)7-12(8-10)5-4-6-13-3/h9H,4-8,11H2,1-3H3. The topological polar surface area (TPSA) is 38.5 Å². The lowest BCUT2D eigenvalue weighted by molar-refractivity contribution is 0.0313. The number of likely N-dealkylation sites (tertiary alicyclic amines) is 1. The summed E-state index contributed by atoms with van der Waals surface area (Å²) in [6, 6.07) is 0. The van der Waals surface area contributed by atoms with E-state index in [1.165, 1.54) is 0 Å². The molecule has 0 aromatic heterocycles. The predicted molar refractivity (Wildman–Crippen MR) is 54.7 cm³/mol. The van der Waals surface area contributed by atoms with Crippen molar-refractivity contribution in [2.45, 2.75) is 25.8 Å². The van der Waals surface area contributed by atoms with E-state index in [1.54, 1.807) is 7.11 Å². The highest BCUT2D eigenvalue weighted by Gasteiger charge is 2.41. The third-order valence-electron chi connectivity index (χ3n) is 3.01. The van der Waals surface area contributed by atoms with Crippen LogP contribution in [0.3, 0.4) is 0 Å². The van der Waals surface area contributed by atoms with Crippen molar-refractivity contribution in [3.05, 3.63) is 0 Å². The summed E-state index contributed by atoms with van der Waals surface area (Å²) in [6.45, 7) is 8.48. The fourth-order valence-electron chi connectivity index (χ4n) is 1.74. The molecule has 0 aromatic carbocycles. The Kier molecular flexibility index (Phi) is 3.71. The summed E-state index contributed by atoms with van der Waals surface area (Å²) in [5, 5.41) is 0. The van der Waals surface area contributed by atoms with Crippen molar-refractivity contribution >= 4 is 0 Å². The van der Waals surface area contributed by atoms with Crippen LogP contribution in [-0.4, -0.2) is 43.8 Å². The molecule has 3 heteroatoms. The van der Waals surface area contributed by atoms with Crippen molar-refractivity contribution in [1.82, 2.24) is 4.90 Å². The maximum absolute atomic E-state index is 6.17. The maximum atomic E-state index is 6.17. The molecule has 0 bridgehead atoms. The summed E-state index contributed by atoms with van der Waals surface area (Å²) >= 11 is 0. The van der Waals surface area contributed by atoms with Crippen LogP contribution in [-0.2, 0) is 4.74 Å². The van der Waals surface area contributed by atoms with Crippen LogP contribution in [0.15, 0.2) is 0 Å². The van der Waals surface area contributed by atoms with Crippen LogP contribution in [0.2, 0.25) is 0 Å². The molecule has 0 unspecified atom stereocenters. The third-order valence-corrected chi connectivity index (χ3v) is 3.01. The Labute approximate surface area is 81.2 Å². The van der Waals surface area contributed by atoms with E-state index in [-0.39, 0.29) is 5.54 Å². The Hall–Kier alpha value is -0.120. The van der Waals surface area contributed by atoms with Gasteiger partial charge in [0.1, 0.15) is 0 Å². The van der Waals surface area contributed by atoms with Gasteiger partial charge in [-0.15, -0.1) is 0 Å². The quantitative estimate of drug-likeness (QED) is 0.642. The Morgan fingerprint density at radius 3 is 2.54 bits per heavy atom. The van der Waals surface area contributed by atoms with Crippen LogP contribution in [0.1, 0.15) is 20.3 Å². The van der Waals surface area contributed by atoms with Crippen LogP contribution in [0, 0.1) is 5.92 Å². The second-order valence-corrected chi connectivity index (χ2v) is 4.44. The molecule has 0 saturated carbocycles. The normalized spacial score (nSPS) is 21.9. The monoisotopic (exact) mass is 186 g/mol. The van der Waals surface area contributed by atoms with Gasteiger partial charge in [0.15, 0.2) is 0 Å². The van der Waals surface area contributed by atoms with Crippen LogP contribution in [0.25, 0.3) is 0 Å². The average Bonchev–Trinajstić information content (AvgIpc) is 2.01. The minimum Gasteiger partial charge on any atom is -0.385 e. The molecule has 1 saturated heterocycles. The van der Waals surface area contributed by atoms with Crippen molar-refractivity contribution in [3.8, 4) is 0 Å². The molecular formula is C10H22N2O. The Morgan fingerprint density at radius 2 is 2.08 bits per heavy atom. The van der Waals surface area contributed by atoms with Gasteiger partial charge in [0.25, 0.3) is 0 Å². The zero-order valence-electron chi connectivity index (χ0n) is 9.05. The number of rotatable bonds is 5. The molecule has 1 rings (SSSR count). The van der Waals surface area contributed by atoms with Crippen molar-refractivity contribution in [2.24, 2.45) is 11.7 Å². The average molecular weight is 186 g/mol. The minimum atomic E-state index is 0.0765. The Balaban J connectivity index is 2.10. The SMILES string of the molecule is COCCCN1CC(N)(C(C)C)C1. The highest BCUT2D eigenvalue weighted by molar-refractivity contribution is 5.01. The van der Waals surface area contributed by atoms with Gasteiger partial charge in [-0.2, -0.15) is 0 Å². The summed E-state index contributed by atoms with van der Waals surface area (Å²) in [7, 11) is 1.75. The molecule has 0 amide bonds. The van der Waals surface area contributed by atoms with Gasteiger partial charge in [0, 0.05) is 38.9 Å². The van der Waals surface area contributed by atoms with Crippen LogP contribution >= 0.6 is 0 Å². The van der Waals surface area contributed by atoms with Crippen molar-refractivity contribution in [3.63, 3.8) is 0 Å². The first kappa shape index (κ1) is 11.0. The molecule has 0 aromatic rings. The van der Waals surface area contributed by atoms with E-state index in [4.69, 9.17) is 10.5 Å². The van der Waals surface area contributed by atoms with E-state index in [0.29, 0.717) is 5.92 Å². The number of ether oxygens (including phenoxy) is 1. The second-order valence-electron chi connectivity index (χ2n) is 4.44. The number of nitrogens with zero attached hydrogens (tertiary/aromatic N) is 1. The lowest BCUT2D eigenvalue weighted by Crippen LogP contribution is -2.69. The molecule has 13 heavy (non-hydrogen) atoms. The molecule has 78 valence electrons. The van der Waals surface area contributed by atoms with E-state index in [0.717, 1.165) is 32.7 Å². The Morgan fingerprint density at radius 1 is 1.46 bits per heavy atom. The smallest absolute Gasteiger partial charge is 0.0474 e. The third kappa shape index (κ3) is 2.66. The molecule has 0 radical (unpaired) electrons. The zero-order valence-corrected chi connectivity index (χ0v) is 9.05. The van der Waals surface area contributed by atoms with Gasteiger partial charge in [0.05, 0.1) is 0 Å². The summed E-state index contributed by atoms with van der Waals surface area (Å²) in [5.41, 5.74) is 6.24. The molecule has 2 N–H and O–H groups in total. The lowest BCUT2D eigenvalue weighted by atomic mass is 9.80. The molecule has 1 aliphatic heterocycles. The van der Waals surface area contributed by atoms with Gasteiger partial charge >= 0.3 is 0 Å². The molecular weight excluding hydrogens is 164 g/mol. The summed E-state index contributed by atoms with van der Waals surface area (Å²) in [4.78, 5) is 2.40. The van der Waals surface area contributed by atoms with E-state index in [9.17, 15) is 0 Å². The molecule has 0 atom stereocenters. The molecule has 0 spiro atoms. The van der Waals surface area contributed by atoms with E-state index in [2.05, 4.69) is 18.7 Å². The molecule has 1 aliphatic rings. The van der Waals surface area contributed by atoms with Crippen molar-refractivity contribution in [2.75, 3.05) is 33.4 Å². The number of methoxy groups -OCH3 is 1. The summed E-state index contributed by atoms with van der Waals surface area (Å²) < 4.78 is 5.00. The molecule has 1 fully saturated rings. The fourth-order valence-corrected chi connectivity index (χ4v) is 1.74. The van der Waals surface area contributed by atoms with Crippen LogP contribution in [0.4, 0.5) is 0 Å². The first-order valence-electron chi connectivity index (χ1n) is 5.08. The fraction of sp³-hybridized carbons (Fsp3) is 1.00. The first-order valence-corrected chi connectivity index (χ1v) is 5.08. The van der Waals surface area contributed by atoms with E-state index < -0.39 is 0 Å². The first-order chi connectivity index (χ1) is 6.08. The van der Waals surface area contributed by atoms with Gasteiger partial charge in [-0.25, -0.2) is 0 Å². The molecule has 1 heterocycles. The maximum Gasteiger partial charge on any atom is 0.0474 e. The van der Waals surface area contributed by atoms with Crippen molar-refractivity contribution in [1.29, 1.82) is 0 Å². The number of hydrogen-bond donors (Lipinski definition) is 1. The van der Waals surface area contributed by atoms with Crippen LogP contribution in [0.5, 0.6) is 0 Å². The van der Waals surface area contributed by atoms with Gasteiger partial charge in [-0.05, 0) is 12.3 Å². The van der Waals surface area contributed by atoms with E-state index in [1.807, 2.05) is 0 Å². The van der Waals surface area contributed by atoms with Gasteiger partial charge in [-0.3, -0.25) is 4.90 Å². The van der Waals surface area contributed by atoms with Crippen molar-refractivity contribution < 1.29 is 4.74 Å². The summed E-state index contributed by atoms with van der Waals surface area (Å²) in [6.07, 6.45) is 1.12. The molecule has 0 aliphatic carbocycles. The summed E-state index contributed by atoms with van der Waals surface area (Å²) in [5.74, 6) is 0.589. The van der Waals surface area contributed by atoms with Gasteiger partial charge in [-0.1, -0.05) is 13.8 Å². The van der Waals surface area contributed by atoms with Gasteiger partial charge < -0.3 is 10.5 Å². The number of hydrogen-bond acceptors (Lipinski definition) is 3. The molecule has 3 nitrogen and oxygen atoms in total. The largest absolute Gasteiger partial charge is 0.385 e. The van der Waals surface area contributed by atoms with Gasteiger partial charge in [0.2, 0.25) is 0 Å².